The Balaban J connectivity index is 2.73. The predicted molar refractivity (Wildman–Crippen MR) is 110 cm³/mol. The lowest BCUT2D eigenvalue weighted by Crippen LogP contribution is -2.24. The van der Waals surface area contributed by atoms with Crippen LogP contribution in [0.1, 0.15) is 68.1 Å². The standard InChI is InChI=1S/C22H30N2O5/c1-4-8-14(9-5-2)12-16-15(6-3)19(21(27)22(23)28)20-17(29-13-18(25)26)10-7-11-24(16)20/h7,10-11,14H,4-6,8-9,12-13H2,1-3H3,(H2,23,28)(H,25,26). The summed E-state index contributed by atoms with van der Waals surface area (Å²) in [4.78, 5) is 35.5. The van der Waals surface area contributed by atoms with Gasteiger partial charge >= 0.3 is 5.97 Å². The van der Waals surface area contributed by atoms with Crippen LogP contribution in [0.5, 0.6) is 5.75 Å². The van der Waals surface area contributed by atoms with E-state index in [1.807, 2.05) is 17.5 Å². The molecule has 0 aliphatic heterocycles. The molecule has 0 bridgehead atoms. The smallest absolute Gasteiger partial charge is 0.341 e. The van der Waals surface area contributed by atoms with Gasteiger partial charge < -0.3 is 20.0 Å². The van der Waals surface area contributed by atoms with E-state index in [9.17, 15) is 14.4 Å². The molecule has 0 aromatic carbocycles. The number of nitrogens with two attached hydrogens (primary N) is 1. The van der Waals surface area contributed by atoms with Crippen LogP contribution in [0.2, 0.25) is 0 Å². The van der Waals surface area contributed by atoms with E-state index in [0.29, 0.717) is 17.9 Å². The summed E-state index contributed by atoms with van der Waals surface area (Å²) in [6.45, 7) is 5.70. The number of hydrogen-bond donors (Lipinski definition) is 2. The van der Waals surface area contributed by atoms with Crippen LogP contribution in [0.15, 0.2) is 18.3 Å². The molecule has 29 heavy (non-hydrogen) atoms. The van der Waals surface area contributed by atoms with Crippen LogP contribution < -0.4 is 10.5 Å². The van der Waals surface area contributed by atoms with Crippen LogP contribution in [-0.4, -0.2) is 33.8 Å². The molecule has 0 saturated carbocycles. The number of hydrogen-bond acceptors (Lipinski definition) is 4. The van der Waals surface area contributed by atoms with Gasteiger partial charge in [-0.1, -0.05) is 46.5 Å². The van der Waals surface area contributed by atoms with E-state index in [4.69, 9.17) is 15.6 Å². The Morgan fingerprint density at radius 1 is 1.17 bits per heavy atom. The lowest BCUT2D eigenvalue weighted by Gasteiger charge is -2.17. The molecule has 1 amide bonds. The molecule has 7 nitrogen and oxygen atoms in total. The zero-order valence-corrected chi connectivity index (χ0v) is 17.4. The van der Waals surface area contributed by atoms with E-state index < -0.39 is 24.3 Å². The van der Waals surface area contributed by atoms with Crippen molar-refractivity contribution < 1.29 is 24.2 Å². The van der Waals surface area contributed by atoms with Crippen LogP contribution in [0, 0.1) is 5.92 Å². The lowest BCUT2D eigenvalue weighted by molar-refractivity contribution is -0.139. The highest BCUT2D eigenvalue weighted by molar-refractivity contribution is 6.44. The maximum Gasteiger partial charge on any atom is 0.341 e. The molecule has 0 aliphatic rings. The first-order chi connectivity index (χ1) is 13.8. The number of carbonyl (C=O) groups is 3. The molecule has 0 aliphatic carbocycles. The second-order valence-corrected chi connectivity index (χ2v) is 7.27. The third kappa shape index (κ3) is 4.96. The zero-order valence-electron chi connectivity index (χ0n) is 17.4. The number of fused-ring (bicyclic) bond motifs is 1. The van der Waals surface area contributed by atoms with Gasteiger partial charge in [0, 0.05) is 11.9 Å². The molecule has 158 valence electrons. The molecular formula is C22H30N2O5. The van der Waals surface area contributed by atoms with Crippen molar-refractivity contribution >= 4 is 23.2 Å². The van der Waals surface area contributed by atoms with Gasteiger partial charge in [0.2, 0.25) is 0 Å². The number of rotatable bonds is 12. The third-order valence-corrected chi connectivity index (χ3v) is 5.17. The highest BCUT2D eigenvalue weighted by Gasteiger charge is 2.28. The molecule has 2 heterocycles. The second-order valence-electron chi connectivity index (χ2n) is 7.27. The van der Waals surface area contributed by atoms with Crippen molar-refractivity contribution in [2.45, 2.75) is 59.3 Å². The first-order valence-electron chi connectivity index (χ1n) is 10.2. The largest absolute Gasteiger partial charge is 0.480 e. The number of ketones is 1. The van der Waals surface area contributed by atoms with Crippen LogP contribution in [-0.2, 0) is 22.4 Å². The minimum Gasteiger partial charge on any atom is -0.480 e. The van der Waals surface area contributed by atoms with Gasteiger partial charge in [0.25, 0.3) is 11.7 Å². The summed E-state index contributed by atoms with van der Waals surface area (Å²) in [6, 6.07) is 3.36. The summed E-state index contributed by atoms with van der Waals surface area (Å²) in [5.74, 6) is -2.23. The number of primary amides is 1. The quantitative estimate of drug-likeness (QED) is 0.417. The Morgan fingerprint density at radius 2 is 1.83 bits per heavy atom. The molecule has 7 heteroatoms. The number of nitrogens with zero attached hydrogens (tertiary/aromatic N) is 1. The first-order valence-corrected chi connectivity index (χ1v) is 10.2. The topological polar surface area (TPSA) is 111 Å². The van der Waals surface area contributed by atoms with Crippen molar-refractivity contribution in [3.8, 4) is 5.75 Å². The normalized spacial score (nSPS) is 11.2. The second kappa shape index (κ2) is 10.1. The number of aromatic nitrogens is 1. The Bertz CT molecular complexity index is 894. The highest BCUT2D eigenvalue weighted by atomic mass is 16.5. The number of pyridine rings is 1. The molecular weight excluding hydrogens is 372 g/mol. The molecule has 0 spiro atoms. The number of carbonyl (C=O) groups excluding carboxylic acids is 2. The fraction of sp³-hybridized carbons (Fsp3) is 0.500. The van der Waals surface area contributed by atoms with E-state index in [1.54, 1.807) is 12.1 Å². The van der Waals surface area contributed by atoms with Gasteiger partial charge in [-0.05, 0) is 36.5 Å². The summed E-state index contributed by atoms with van der Waals surface area (Å²) >= 11 is 0. The maximum atomic E-state index is 12.7. The summed E-state index contributed by atoms with van der Waals surface area (Å²) < 4.78 is 7.30. The van der Waals surface area contributed by atoms with Gasteiger partial charge in [0.1, 0.15) is 5.75 Å². The van der Waals surface area contributed by atoms with Gasteiger partial charge in [0.05, 0.1) is 11.1 Å². The fourth-order valence-electron chi connectivity index (χ4n) is 4.05. The number of Topliss-reactive ketones (excluding diaryl/α,β-unsaturated/α-hetero) is 1. The fourth-order valence-corrected chi connectivity index (χ4v) is 4.05. The molecule has 2 aromatic heterocycles. The van der Waals surface area contributed by atoms with E-state index >= 15 is 0 Å². The summed E-state index contributed by atoms with van der Waals surface area (Å²) in [6.07, 6.45) is 7.40. The maximum absolute atomic E-state index is 12.7. The molecule has 2 rings (SSSR count). The number of carboxylic acids is 1. The Labute approximate surface area is 170 Å². The van der Waals surface area contributed by atoms with E-state index in [2.05, 4.69) is 13.8 Å². The Morgan fingerprint density at radius 3 is 2.34 bits per heavy atom. The Kier molecular flexibility index (Phi) is 7.82. The van der Waals surface area contributed by atoms with Crippen LogP contribution in [0.3, 0.4) is 0 Å². The Hall–Kier alpha value is -2.83. The molecule has 0 unspecified atom stereocenters. The van der Waals surface area contributed by atoms with Crippen molar-refractivity contribution in [2.75, 3.05) is 6.61 Å². The van der Waals surface area contributed by atoms with Gasteiger partial charge in [-0.2, -0.15) is 0 Å². The molecule has 2 aromatic rings. The van der Waals surface area contributed by atoms with Crippen LogP contribution in [0.4, 0.5) is 0 Å². The molecule has 0 fully saturated rings. The average Bonchev–Trinajstić information content (AvgIpc) is 2.99. The zero-order chi connectivity index (χ0) is 21.6. The number of amides is 1. The van der Waals surface area contributed by atoms with E-state index in [1.165, 1.54) is 0 Å². The van der Waals surface area contributed by atoms with Gasteiger partial charge in [-0.15, -0.1) is 0 Å². The highest BCUT2D eigenvalue weighted by Crippen LogP contribution is 2.34. The van der Waals surface area contributed by atoms with Crippen LogP contribution in [0.25, 0.3) is 5.52 Å². The SMILES string of the molecule is CCCC(CCC)Cc1c(CC)c(C(=O)C(N)=O)c2c(OCC(=O)O)cccn12. The molecule has 0 saturated heterocycles. The summed E-state index contributed by atoms with van der Waals surface area (Å²) in [7, 11) is 0. The minimum atomic E-state index is -1.12. The predicted octanol–water partition coefficient (Wildman–Crippen LogP) is 3.39. The number of carboxylic acid groups (broad SMARTS) is 1. The summed E-state index contributed by atoms with van der Waals surface area (Å²) in [5, 5.41) is 8.98. The van der Waals surface area contributed by atoms with Crippen molar-refractivity contribution in [3.63, 3.8) is 0 Å². The minimum absolute atomic E-state index is 0.225. The van der Waals surface area contributed by atoms with Crippen molar-refractivity contribution in [1.82, 2.24) is 4.40 Å². The van der Waals surface area contributed by atoms with E-state index in [0.717, 1.165) is 43.4 Å². The van der Waals surface area contributed by atoms with Gasteiger partial charge in [-0.25, -0.2) is 4.79 Å². The average molecular weight is 402 g/mol. The number of ether oxygens (including phenoxy) is 1. The van der Waals surface area contributed by atoms with Crippen LogP contribution >= 0.6 is 0 Å². The van der Waals surface area contributed by atoms with Gasteiger partial charge in [-0.3, -0.25) is 9.59 Å². The van der Waals surface area contributed by atoms with Crippen molar-refractivity contribution in [3.05, 3.63) is 35.2 Å². The monoisotopic (exact) mass is 402 g/mol. The molecule has 0 atom stereocenters. The lowest BCUT2D eigenvalue weighted by atomic mass is 9.90. The van der Waals surface area contributed by atoms with Crippen molar-refractivity contribution in [1.29, 1.82) is 0 Å². The van der Waals surface area contributed by atoms with Gasteiger partial charge in [0.15, 0.2) is 6.61 Å². The first kappa shape index (κ1) is 22.5. The summed E-state index contributed by atoms with van der Waals surface area (Å²) in [5.41, 5.74) is 7.70. The van der Waals surface area contributed by atoms with E-state index in [-0.39, 0.29) is 11.3 Å². The third-order valence-electron chi connectivity index (χ3n) is 5.17. The van der Waals surface area contributed by atoms with Crippen molar-refractivity contribution in [2.24, 2.45) is 11.7 Å². The molecule has 3 N–H and O–H groups in total. The number of aliphatic carboxylic acids is 1. The molecule has 0 radical (unpaired) electrons.